The molecule has 1 saturated heterocycles. The molecule has 0 radical (unpaired) electrons. The Morgan fingerprint density at radius 3 is 2.32 bits per heavy atom. The fourth-order valence-electron chi connectivity index (χ4n) is 3.97. The Hall–Kier alpha value is -2.75. The van der Waals surface area contributed by atoms with Gasteiger partial charge in [0, 0.05) is 30.0 Å². The minimum Gasteiger partial charge on any atom is -0.497 e. The quantitative estimate of drug-likeness (QED) is 0.495. The van der Waals surface area contributed by atoms with Gasteiger partial charge in [-0.3, -0.25) is 4.79 Å². The summed E-state index contributed by atoms with van der Waals surface area (Å²) in [6.07, 6.45) is 0.937. The van der Waals surface area contributed by atoms with Crippen LogP contribution in [-0.2, 0) is 14.8 Å². The first-order valence-electron chi connectivity index (χ1n) is 11.3. The van der Waals surface area contributed by atoms with Gasteiger partial charge in [-0.1, -0.05) is 38.1 Å². The number of hydrogen-bond donors (Lipinski definition) is 1. The Kier molecular flexibility index (Phi) is 7.35. The maximum Gasteiger partial charge on any atom is 0.243 e. The lowest BCUT2D eigenvalue weighted by molar-refractivity contribution is -0.120. The fourth-order valence-corrected chi connectivity index (χ4v) is 6.16. The summed E-state index contributed by atoms with van der Waals surface area (Å²) in [5.74, 6) is 0.710. The van der Waals surface area contributed by atoms with Crippen LogP contribution in [0, 0.1) is 5.92 Å². The second-order valence-electron chi connectivity index (χ2n) is 8.66. The molecule has 1 fully saturated rings. The molecule has 180 valence electrons. The van der Waals surface area contributed by atoms with Crippen molar-refractivity contribution < 1.29 is 17.9 Å². The highest BCUT2D eigenvalue weighted by Crippen LogP contribution is 2.29. The van der Waals surface area contributed by atoms with Gasteiger partial charge in [-0.05, 0) is 48.6 Å². The Bertz CT molecular complexity index is 1230. The van der Waals surface area contributed by atoms with E-state index in [1.165, 1.54) is 28.3 Å². The molecule has 1 N–H and O–H groups in total. The predicted octanol–water partition coefficient (Wildman–Crippen LogP) is 4.98. The number of ether oxygens (including phenoxy) is 1. The van der Waals surface area contributed by atoms with E-state index in [1.807, 2.05) is 5.38 Å². The molecule has 0 saturated carbocycles. The molecule has 7 nitrogen and oxygen atoms in total. The molecule has 0 spiro atoms. The number of methoxy groups -OCH3 is 1. The zero-order chi connectivity index (χ0) is 24.3. The van der Waals surface area contributed by atoms with Gasteiger partial charge in [0.2, 0.25) is 15.9 Å². The number of thiazole rings is 1. The van der Waals surface area contributed by atoms with Gasteiger partial charge in [-0.2, -0.15) is 4.31 Å². The Labute approximate surface area is 204 Å². The third kappa shape index (κ3) is 5.32. The van der Waals surface area contributed by atoms with E-state index in [2.05, 4.69) is 48.4 Å². The van der Waals surface area contributed by atoms with Gasteiger partial charge in [-0.25, -0.2) is 13.4 Å². The standard InChI is InChI=1S/C25H29N3O4S2/c1-17(2)18-4-6-19(7-5-18)23-16-33-25(26-23)27-24(29)20-12-14-28(15-13-20)34(30,31)22-10-8-21(32-3)9-11-22/h4-11,16-17,20H,12-15H2,1-3H3,(H,26,27,29). The molecule has 1 aliphatic heterocycles. The first-order valence-corrected chi connectivity index (χ1v) is 13.6. The van der Waals surface area contributed by atoms with Crippen LogP contribution in [0.3, 0.4) is 0 Å². The molecule has 9 heteroatoms. The van der Waals surface area contributed by atoms with Crippen LogP contribution in [0.2, 0.25) is 0 Å². The van der Waals surface area contributed by atoms with Crippen molar-refractivity contribution in [3.05, 3.63) is 59.5 Å². The summed E-state index contributed by atoms with van der Waals surface area (Å²) < 4.78 is 32.4. The molecule has 4 rings (SSSR count). The van der Waals surface area contributed by atoms with Crippen LogP contribution >= 0.6 is 11.3 Å². The summed E-state index contributed by atoms with van der Waals surface area (Å²) in [7, 11) is -2.06. The summed E-state index contributed by atoms with van der Waals surface area (Å²) >= 11 is 1.39. The molecule has 1 aliphatic rings. The Morgan fingerprint density at radius 1 is 1.09 bits per heavy atom. The maximum atomic E-state index is 12.9. The summed E-state index contributed by atoms with van der Waals surface area (Å²) in [6, 6.07) is 14.7. The van der Waals surface area contributed by atoms with Gasteiger partial charge in [0.25, 0.3) is 0 Å². The van der Waals surface area contributed by atoms with Crippen LogP contribution in [0.1, 0.15) is 38.2 Å². The zero-order valence-electron chi connectivity index (χ0n) is 19.5. The molecular formula is C25H29N3O4S2. The normalized spacial score (nSPS) is 15.4. The number of aromatic nitrogens is 1. The molecule has 1 amide bonds. The van der Waals surface area contributed by atoms with E-state index in [0.717, 1.165) is 11.3 Å². The highest BCUT2D eigenvalue weighted by molar-refractivity contribution is 7.89. The number of carbonyl (C=O) groups excluding carboxylic acids is 1. The van der Waals surface area contributed by atoms with E-state index in [4.69, 9.17) is 4.74 Å². The molecule has 0 aliphatic carbocycles. The van der Waals surface area contributed by atoms with Crippen LogP contribution in [-0.4, -0.2) is 43.8 Å². The van der Waals surface area contributed by atoms with E-state index in [9.17, 15) is 13.2 Å². The molecule has 0 bridgehead atoms. The summed E-state index contributed by atoms with van der Waals surface area (Å²) in [5, 5.41) is 5.41. The highest BCUT2D eigenvalue weighted by Gasteiger charge is 2.32. The Morgan fingerprint density at radius 2 is 1.74 bits per heavy atom. The second-order valence-corrected chi connectivity index (χ2v) is 11.5. The summed E-state index contributed by atoms with van der Waals surface area (Å²) in [5.41, 5.74) is 3.11. The van der Waals surface area contributed by atoms with Crippen LogP contribution < -0.4 is 10.1 Å². The number of anilines is 1. The van der Waals surface area contributed by atoms with E-state index in [-0.39, 0.29) is 16.7 Å². The molecule has 0 atom stereocenters. The topological polar surface area (TPSA) is 88.6 Å². The number of carbonyl (C=O) groups is 1. The van der Waals surface area contributed by atoms with Gasteiger partial charge in [0.1, 0.15) is 5.75 Å². The van der Waals surface area contributed by atoms with E-state index in [1.54, 1.807) is 24.3 Å². The molecule has 3 aromatic rings. The van der Waals surface area contributed by atoms with Crippen LogP contribution in [0.25, 0.3) is 11.3 Å². The SMILES string of the molecule is COc1ccc(S(=O)(=O)N2CCC(C(=O)Nc3nc(-c4ccc(C(C)C)cc4)cs3)CC2)cc1. The van der Waals surface area contributed by atoms with Crippen molar-refractivity contribution in [3.63, 3.8) is 0 Å². The predicted molar refractivity (Wildman–Crippen MR) is 135 cm³/mol. The van der Waals surface area contributed by atoms with Crippen molar-refractivity contribution in [3.8, 4) is 17.0 Å². The second kappa shape index (κ2) is 10.2. The smallest absolute Gasteiger partial charge is 0.243 e. The lowest BCUT2D eigenvalue weighted by Crippen LogP contribution is -2.41. The van der Waals surface area contributed by atoms with Crippen LogP contribution in [0.15, 0.2) is 58.8 Å². The summed E-state index contributed by atoms with van der Waals surface area (Å²) in [4.78, 5) is 17.6. The number of benzene rings is 2. The van der Waals surface area contributed by atoms with Crippen molar-refractivity contribution in [1.82, 2.24) is 9.29 Å². The van der Waals surface area contributed by atoms with Gasteiger partial charge in [0.15, 0.2) is 5.13 Å². The lowest BCUT2D eigenvalue weighted by Gasteiger charge is -2.30. The number of amides is 1. The molecule has 2 heterocycles. The molecule has 0 unspecified atom stereocenters. The van der Waals surface area contributed by atoms with Crippen molar-refractivity contribution in [2.75, 3.05) is 25.5 Å². The maximum absolute atomic E-state index is 12.9. The first kappa shape index (κ1) is 24.4. The van der Waals surface area contributed by atoms with Crippen molar-refractivity contribution in [1.29, 1.82) is 0 Å². The van der Waals surface area contributed by atoms with Gasteiger partial charge in [0.05, 0.1) is 17.7 Å². The molecule has 1 aromatic heterocycles. The summed E-state index contributed by atoms with van der Waals surface area (Å²) in [6.45, 7) is 4.92. The van der Waals surface area contributed by atoms with Gasteiger partial charge >= 0.3 is 0 Å². The molecular weight excluding hydrogens is 470 g/mol. The lowest BCUT2D eigenvalue weighted by atomic mass is 9.97. The van der Waals surface area contributed by atoms with Crippen LogP contribution in [0.4, 0.5) is 5.13 Å². The molecule has 2 aromatic carbocycles. The van der Waals surface area contributed by atoms with E-state index >= 15 is 0 Å². The van der Waals surface area contributed by atoms with Crippen LogP contribution in [0.5, 0.6) is 5.75 Å². The first-order chi connectivity index (χ1) is 16.3. The number of hydrogen-bond acceptors (Lipinski definition) is 6. The van der Waals surface area contributed by atoms with Crippen molar-refractivity contribution in [2.24, 2.45) is 5.92 Å². The monoisotopic (exact) mass is 499 g/mol. The van der Waals surface area contributed by atoms with Gasteiger partial charge in [-0.15, -0.1) is 11.3 Å². The zero-order valence-corrected chi connectivity index (χ0v) is 21.2. The third-order valence-electron chi connectivity index (χ3n) is 6.13. The minimum atomic E-state index is -3.60. The van der Waals surface area contributed by atoms with E-state index in [0.29, 0.717) is 42.7 Å². The number of piperidine rings is 1. The largest absolute Gasteiger partial charge is 0.497 e. The number of nitrogens with zero attached hydrogens (tertiary/aromatic N) is 2. The highest BCUT2D eigenvalue weighted by atomic mass is 32.2. The van der Waals surface area contributed by atoms with Gasteiger partial charge < -0.3 is 10.1 Å². The average Bonchev–Trinajstić information content (AvgIpc) is 3.32. The number of nitrogens with one attached hydrogen (secondary N) is 1. The third-order valence-corrected chi connectivity index (χ3v) is 8.80. The minimum absolute atomic E-state index is 0.113. The molecule has 34 heavy (non-hydrogen) atoms. The Balaban J connectivity index is 1.34. The van der Waals surface area contributed by atoms with E-state index < -0.39 is 10.0 Å². The van der Waals surface area contributed by atoms with Crippen molar-refractivity contribution in [2.45, 2.75) is 37.5 Å². The fraction of sp³-hybridized carbons (Fsp3) is 0.360. The average molecular weight is 500 g/mol. The number of rotatable bonds is 7. The van der Waals surface area contributed by atoms with Crippen molar-refractivity contribution >= 4 is 32.4 Å². The number of sulfonamides is 1.